The van der Waals surface area contributed by atoms with Gasteiger partial charge in [-0.3, -0.25) is 4.79 Å². The van der Waals surface area contributed by atoms with Crippen molar-refractivity contribution in [3.63, 3.8) is 0 Å². The fourth-order valence-electron chi connectivity index (χ4n) is 1.90. The van der Waals surface area contributed by atoms with Crippen LogP contribution in [0.3, 0.4) is 0 Å². The SMILES string of the molecule is C[C@H](NC(=O)[C@@H](O)c1ccccc1)c1ccccc1. The second kappa shape index (κ2) is 6.16. The molecule has 0 aromatic heterocycles. The van der Waals surface area contributed by atoms with Gasteiger partial charge in [0.05, 0.1) is 6.04 Å². The number of rotatable bonds is 4. The molecule has 3 nitrogen and oxygen atoms in total. The first kappa shape index (κ1) is 13.3. The third-order valence-electron chi connectivity index (χ3n) is 3.02. The molecule has 0 saturated heterocycles. The number of nitrogens with one attached hydrogen (secondary N) is 1. The Labute approximate surface area is 112 Å². The fourth-order valence-corrected chi connectivity index (χ4v) is 1.90. The van der Waals surface area contributed by atoms with Crippen LogP contribution in [-0.4, -0.2) is 11.0 Å². The molecular weight excluding hydrogens is 238 g/mol. The number of carbonyl (C=O) groups is 1. The standard InChI is InChI=1S/C16H17NO2/c1-12(13-8-4-2-5-9-13)17-16(19)15(18)14-10-6-3-7-11-14/h2-12,15,18H,1H3,(H,17,19)/t12-,15-/m0/s1. The molecule has 2 N–H and O–H groups in total. The van der Waals surface area contributed by atoms with Gasteiger partial charge in [-0.25, -0.2) is 0 Å². The van der Waals surface area contributed by atoms with E-state index in [4.69, 9.17) is 0 Å². The van der Waals surface area contributed by atoms with Crippen molar-refractivity contribution in [2.24, 2.45) is 0 Å². The number of hydrogen-bond acceptors (Lipinski definition) is 2. The molecule has 1 amide bonds. The van der Waals surface area contributed by atoms with Crippen LogP contribution in [0, 0.1) is 0 Å². The number of aliphatic hydroxyl groups excluding tert-OH is 1. The third kappa shape index (κ3) is 3.42. The molecule has 2 aromatic rings. The van der Waals surface area contributed by atoms with Crippen LogP contribution < -0.4 is 5.32 Å². The first-order valence-electron chi connectivity index (χ1n) is 6.27. The molecule has 98 valence electrons. The molecule has 0 radical (unpaired) electrons. The van der Waals surface area contributed by atoms with Crippen LogP contribution in [0.15, 0.2) is 60.7 Å². The fraction of sp³-hybridized carbons (Fsp3) is 0.188. The molecule has 2 rings (SSSR count). The van der Waals surface area contributed by atoms with Gasteiger partial charge in [0.15, 0.2) is 6.10 Å². The maximum atomic E-state index is 12.0. The van der Waals surface area contributed by atoms with Gasteiger partial charge < -0.3 is 10.4 Å². The molecule has 2 aromatic carbocycles. The van der Waals surface area contributed by atoms with Crippen LogP contribution in [0.4, 0.5) is 0 Å². The Balaban J connectivity index is 2.02. The number of aliphatic hydroxyl groups is 1. The van der Waals surface area contributed by atoms with Gasteiger partial charge in [-0.05, 0) is 18.1 Å². The molecule has 0 spiro atoms. The predicted molar refractivity (Wildman–Crippen MR) is 74.4 cm³/mol. The highest BCUT2D eigenvalue weighted by Gasteiger charge is 2.19. The van der Waals surface area contributed by atoms with E-state index in [0.29, 0.717) is 5.56 Å². The molecule has 0 heterocycles. The number of benzene rings is 2. The average Bonchev–Trinajstić information content (AvgIpc) is 2.48. The lowest BCUT2D eigenvalue weighted by Crippen LogP contribution is -2.31. The lowest BCUT2D eigenvalue weighted by Gasteiger charge is -2.17. The van der Waals surface area contributed by atoms with E-state index in [9.17, 15) is 9.90 Å². The van der Waals surface area contributed by atoms with E-state index in [-0.39, 0.29) is 11.9 Å². The molecule has 3 heteroatoms. The van der Waals surface area contributed by atoms with Crippen molar-refractivity contribution in [1.29, 1.82) is 0 Å². The van der Waals surface area contributed by atoms with Crippen LogP contribution >= 0.6 is 0 Å². The molecule has 0 aliphatic rings. The molecule has 0 aliphatic carbocycles. The normalized spacial score (nSPS) is 13.6. The molecule has 2 atom stereocenters. The van der Waals surface area contributed by atoms with E-state index in [1.165, 1.54) is 0 Å². The van der Waals surface area contributed by atoms with Gasteiger partial charge in [-0.2, -0.15) is 0 Å². The lowest BCUT2D eigenvalue weighted by atomic mass is 10.1. The van der Waals surface area contributed by atoms with Crippen LogP contribution in [0.25, 0.3) is 0 Å². The summed E-state index contributed by atoms with van der Waals surface area (Å²) < 4.78 is 0. The summed E-state index contributed by atoms with van der Waals surface area (Å²) in [5, 5.41) is 12.8. The minimum absolute atomic E-state index is 0.132. The number of amides is 1. The zero-order chi connectivity index (χ0) is 13.7. The zero-order valence-electron chi connectivity index (χ0n) is 10.8. The Bertz CT molecular complexity index is 525. The van der Waals surface area contributed by atoms with Crippen molar-refractivity contribution < 1.29 is 9.90 Å². The van der Waals surface area contributed by atoms with Gasteiger partial charge in [-0.15, -0.1) is 0 Å². The summed E-state index contributed by atoms with van der Waals surface area (Å²) in [6, 6.07) is 18.4. The zero-order valence-corrected chi connectivity index (χ0v) is 10.8. The van der Waals surface area contributed by atoms with Gasteiger partial charge in [-0.1, -0.05) is 60.7 Å². The highest BCUT2D eigenvalue weighted by atomic mass is 16.3. The third-order valence-corrected chi connectivity index (χ3v) is 3.02. The lowest BCUT2D eigenvalue weighted by molar-refractivity contribution is -0.130. The summed E-state index contributed by atoms with van der Waals surface area (Å²) in [5.74, 6) is -0.387. The van der Waals surface area contributed by atoms with Crippen molar-refractivity contribution >= 4 is 5.91 Å². The molecule has 0 aliphatic heterocycles. The smallest absolute Gasteiger partial charge is 0.253 e. The highest BCUT2D eigenvalue weighted by Crippen LogP contribution is 2.16. The summed E-state index contributed by atoms with van der Waals surface area (Å²) in [6.45, 7) is 1.89. The Morgan fingerprint density at radius 1 is 0.947 bits per heavy atom. The van der Waals surface area contributed by atoms with Gasteiger partial charge in [0.2, 0.25) is 0 Å². The molecule has 0 unspecified atom stereocenters. The molecule has 0 fully saturated rings. The maximum Gasteiger partial charge on any atom is 0.253 e. The summed E-state index contributed by atoms with van der Waals surface area (Å²) >= 11 is 0. The summed E-state index contributed by atoms with van der Waals surface area (Å²) in [6.07, 6.45) is -1.13. The Hall–Kier alpha value is -2.13. The van der Waals surface area contributed by atoms with Gasteiger partial charge in [0.1, 0.15) is 0 Å². The van der Waals surface area contributed by atoms with E-state index >= 15 is 0 Å². The van der Waals surface area contributed by atoms with Crippen molar-refractivity contribution in [2.75, 3.05) is 0 Å². The summed E-state index contributed by atoms with van der Waals surface area (Å²) in [7, 11) is 0. The second-order valence-electron chi connectivity index (χ2n) is 4.45. The largest absolute Gasteiger partial charge is 0.378 e. The Morgan fingerprint density at radius 3 is 1.95 bits per heavy atom. The van der Waals surface area contributed by atoms with E-state index in [2.05, 4.69) is 5.32 Å². The average molecular weight is 255 g/mol. The van der Waals surface area contributed by atoms with E-state index in [0.717, 1.165) is 5.56 Å². The predicted octanol–water partition coefficient (Wildman–Crippen LogP) is 2.60. The minimum atomic E-state index is -1.13. The molecule has 0 bridgehead atoms. The van der Waals surface area contributed by atoms with Crippen molar-refractivity contribution in [3.8, 4) is 0 Å². The molecular formula is C16H17NO2. The van der Waals surface area contributed by atoms with Crippen LogP contribution in [-0.2, 0) is 4.79 Å². The summed E-state index contributed by atoms with van der Waals surface area (Å²) in [4.78, 5) is 12.0. The van der Waals surface area contributed by atoms with Gasteiger partial charge in [0, 0.05) is 0 Å². The number of carbonyl (C=O) groups excluding carboxylic acids is 1. The van der Waals surface area contributed by atoms with Crippen molar-refractivity contribution in [1.82, 2.24) is 5.32 Å². The minimum Gasteiger partial charge on any atom is -0.378 e. The van der Waals surface area contributed by atoms with Gasteiger partial charge >= 0.3 is 0 Å². The van der Waals surface area contributed by atoms with E-state index in [1.807, 2.05) is 43.3 Å². The topological polar surface area (TPSA) is 49.3 Å². The Morgan fingerprint density at radius 2 is 1.42 bits per heavy atom. The van der Waals surface area contributed by atoms with E-state index in [1.54, 1.807) is 24.3 Å². The van der Waals surface area contributed by atoms with Crippen LogP contribution in [0.2, 0.25) is 0 Å². The Kier molecular flexibility index (Phi) is 4.31. The maximum absolute atomic E-state index is 12.0. The summed E-state index contributed by atoms with van der Waals surface area (Å²) in [5.41, 5.74) is 1.61. The monoisotopic (exact) mass is 255 g/mol. The first-order chi connectivity index (χ1) is 9.18. The van der Waals surface area contributed by atoms with Crippen LogP contribution in [0.5, 0.6) is 0 Å². The molecule has 19 heavy (non-hydrogen) atoms. The highest BCUT2D eigenvalue weighted by molar-refractivity contribution is 5.82. The van der Waals surface area contributed by atoms with Crippen LogP contribution in [0.1, 0.15) is 30.2 Å². The van der Waals surface area contributed by atoms with Gasteiger partial charge in [0.25, 0.3) is 5.91 Å². The van der Waals surface area contributed by atoms with Crippen molar-refractivity contribution in [2.45, 2.75) is 19.1 Å². The first-order valence-corrected chi connectivity index (χ1v) is 6.27. The molecule has 0 saturated carbocycles. The number of hydrogen-bond donors (Lipinski definition) is 2. The quantitative estimate of drug-likeness (QED) is 0.882. The van der Waals surface area contributed by atoms with E-state index < -0.39 is 6.10 Å². The second-order valence-corrected chi connectivity index (χ2v) is 4.45. The van der Waals surface area contributed by atoms with Crippen molar-refractivity contribution in [3.05, 3.63) is 71.8 Å².